The number of nitrogens with zero attached hydrogens (tertiary/aromatic N) is 2. The number of rotatable bonds is 9. The van der Waals surface area contributed by atoms with Crippen molar-refractivity contribution in [3.8, 4) is 0 Å². The van der Waals surface area contributed by atoms with Crippen LogP contribution in [-0.2, 0) is 16.1 Å². The van der Waals surface area contributed by atoms with Gasteiger partial charge in [-0.1, -0.05) is 20.3 Å². The van der Waals surface area contributed by atoms with Gasteiger partial charge in [0.2, 0.25) is 0 Å². The molecule has 9 nitrogen and oxygen atoms in total. The van der Waals surface area contributed by atoms with Gasteiger partial charge in [-0.3, -0.25) is 24.0 Å². The summed E-state index contributed by atoms with van der Waals surface area (Å²) in [5, 5.41) is 0. The molecule has 9 heteroatoms. The maximum absolute atomic E-state index is 13.1. The number of amides is 1. The van der Waals surface area contributed by atoms with E-state index in [0.29, 0.717) is 19.0 Å². The zero-order valence-electron chi connectivity index (χ0n) is 17.3. The number of aromatic nitrogens is 2. The Kier molecular flexibility index (Phi) is 8.25. The minimum absolute atomic E-state index is 0.0360. The quantitative estimate of drug-likeness (QED) is 0.506. The Labute approximate surface area is 165 Å². The molecule has 1 fully saturated rings. The SMILES string of the molecule is CCCCn1c(N)c(N(CCOC)C(=O)C[NH+]2CCC(C)CC2)c(=O)[nH]c1=O. The molecule has 1 aliphatic rings. The highest BCUT2D eigenvalue weighted by atomic mass is 16.5. The third kappa shape index (κ3) is 5.45. The zero-order chi connectivity index (χ0) is 20.7. The molecule has 0 unspecified atom stereocenters. The molecule has 0 saturated carbocycles. The molecule has 1 aliphatic heterocycles. The van der Waals surface area contributed by atoms with Crippen LogP contribution in [-0.4, -0.2) is 55.4 Å². The predicted molar refractivity (Wildman–Crippen MR) is 109 cm³/mol. The van der Waals surface area contributed by atoms with Crippen molar-refractivity contribution in [2.75, 3.05) is 50.5 Å². The number of nitrogen functional groups attached to an aromatic ring is 1. The van der Waals surface area contributed by atoms with Gasteiger partial charge in [0.25, 0.3) is 11.5 Å². The summed E-state index contributed by atoms with van der Waals surface area (Å²) >= 11 is 0. The first-order valence-electron chi connectivity index (χ1n) is 10.1. The van der Waals surface area contributed by atoms with Gasteiger partial charge in [0.15, 0.2) is 12.2 Å². The van der Waals surface area contributed by atoms with Crippen molar-refractivity contribution < 1.29 is 14.4 Å². The van der Waals surface area contributed by atoms with Crippen LogP contribution in [0.15, 0.2) is 9.59 Å². The first-order chi connectivity index (χ1) is 13.4. The van der Waals surface area contributed by atoms with Crippen molar-refractivity contribution in [2.24, 2.45) is 5.92 Å². The summed E-state index contributed by atoms with van der Waals surface area (Å²) in [6.07, 6.45) is 3.80. The fraction of sp³-hybridized carbons (Fsp3) is 0.737. The maximum atomic E-state index is 13.1. The molecule has 4 N–H and O–H groups in total. The molecule has 28 heavy (non-hydrogen) atoms. The molecule has 1 saturated heterocycles. The van der Waals surface area contributed by atoms with Gasteiger partial charge in [-0.2, -0.15) is 0 Å². The summed E-state index contributed by atoms with van der Waals surface area (Å²) in [5.41, 5.74) is 5.05. The number of hydrogen-bond acceptors (Lipinski definition) is 5. The number of anilines is 2. The van der Waals surface area contributed by atoms with E-state index >= 15 is 0 Å². The summed E-state index contributed by atoms with van der Waals surface area (Å²) in [7, 11) is 1.54. The van der Waals surface area contributed by atoms with Crippen molar-refractivity contribution in [1.82, 2.24) is 9.55 Å². The second-order valence-electron chi connectivity index (χ2n) is 7.65. The third-order valence-corrected chi connectivity index (χ3v) is 5.42. The number of carbonyl (C=O) groups excluding carboxylic acids is 1. The fourth-order valence-electron chi connectivity index (χ4n) is 3.58. The van der Waals surface area contributed by atoms with Crippen molar-refractivity contribution >= 4 is 17.4 Å². The van der Waals surface area contributed by atoms with Crippen LogP contribution in [0.25, 0.3) is 0 Å². The molecule has 1 amide bonds. The minimum atomic E-state index is -0.637. The van der Waals surface area contributed by atoms with E-state index in [1.54, 1.807) is 0 Å². The number of hydrogen-bond donors (Lipinski definition) is 3. The molecular formula is C19H34N5O4+. The van der Waals surface area contributed by atoms with Gasteiger partial charge in [0, 0.05) is 20.2 Å². The molecule has 1 aromatic heterocycles. The molecule has 0 aliphatic carbocycles. The van der Waals surface area contributed by atoms with E-state index in [0.717, 1.165) is 38.8 Å². The van der Waals surface area contributed by atoms with Crippen molar-refractivity contribution in [3.63, 3.8) is 0 Å². The molecule has 1 aromatic rings. The molecule has 2 heterocycles. The van der Waals surface area contributed by atoms with Gasteiger partial charge in [0.1, 0.15) is 5.82 Å². The lowest BCUT2D eigenvalue weighted by atomic mass is 9.99. The van der Waals surface area contributed by atoms with E-state index in [1.807, 2.05) is 6.92 Å². The van der Waals surface area contributed by atoms with E-state index < -0.39 is 11.2 Å². The van der Waals surface area contributed by atoms with E-state index in [-0.39, 0.29) is 30.6 Å². The van der Waals surface area contributed by atoms with Gasteiger partial charge in [-0.25, -0.2) is 4.79 Å². The predicted octanol–water partition coefficient (Wildman–Crippen LogP) is -0.787. The number of nitrogens with two attached hydrogens (primary N) is 1. The summed E-state index contributed by atoms with van der Waals surface area (Å²) in [6, 6.07) is 0. The highest BCUT2D eigenvalue weighted by Crippen LogP contribution is 2.17. The average Bonchev–Trinajstić information content (AvgIpc) is 2.65. The van der Waals surface area contributed by atoms with Crippen LogP contribution in [0.3, 0.4) is 0 Å². The Morgan fingerprint density at radius 1 is 1.36 bits per heavy atom. The van der Waals surface area contributed by atoms with Gasteiger partial charge in [-0.05, 0) is 25.2 Å². The second kappa shape index (κ2) is 10.4. The number of ether oxygens (including phenoxy) is 1. The second-order valence-corrected chi connectivity index (χ2v) is 7.65. The number of likely N-dealkylation sites (tertiary alicyclic amines) is 1. The average molecular weight is 397 g/mol. The molecule has 2 rings (SSSR count). The van der Waals surface area contributed by atoms with Crippen LogP contribution in [0.1, 0.15) is 39.5 Å². The molecule has 0 aromatic carbocycles. The lowest BCUT2D eigenvalue weighted by Crippen LogP contribution is -3.14. The highest BCUT2D eigenvalue weighted by molar-refractivity contribution is 5.96. The summed E-state index contributed by atoms with van der Waals surface area (Å²) in [6.45, 7) is 7.27. The molecule has 0 radical (unpaired) electrons. The van der Waals surface area contributed by atoms with E-state index in [9.17, 15) is 14.4 Å². The molecule has 0 bridgehead atoms. The molecule has 0 atom stereocenters. The lowest BCUT2D eigenvalue weighted by Gasteiger charge is -2.29. The van der Waals surface area contributed by atoms with Gasteiger partial charge in [0.05, 0.1) is 19.7 Å². The number of nitrogens with one attached hydrogen (secondary N) is 2. The standard InChI is InChI=1S/C19H33N5O4/c1-4-5-8-24-17(20)16(18(26)21-19(24)27)23(11-12-28-3)15(25)13-22-9-6-14(2)7-10-22/h14H,4-13,20H2,1-3H3,(H,21,26,27)/p+1. The number of carbonyl (C=O) groups is 1. The minimum Gasteiger partial charge on any atom is -0.383 e. The number of piperidine rings is 1. The Morgan fingerprint density at radius 2 is 2.04 bits per heavy atom. The Morgan fingerprint density at radius 3 is 2.64 bits per heavy atom. The third-order valence-electron chi connectivity index (χ3n) is 5.42. The Balaban J connectivity index is 2.32. The van der Waals surface area contributed by atoms with Gasteiger partial charge < -0.3 is 15.4 Å². The van der Waals surface area contributed by atoms with Gasteiger partial charge in [-0.15, -0.1) is 0 Å². The summed E-state index contributed by atoms with van der Waals surface area (Å²) in [5.74, 6) is 0.539. The highest BCUT2D eigenvalue weighted by Gasteiger charge is 2.28. The first kappa shape index (κ1) is 22.2. The molecule has 0 spiro atoms. The van der Waals surface area contributed by atoms with Crippen LogP contribution >= 0.6 is 0 Å². The Bertz CT molecular complexity index is 765. The summed E-state index contributed by atoms with van der Waals surface area (Å²) < 4.78 is 6.46. The normalized spacial score (nSPS) is 19.5. The smallest absolute Gasteiger partial charge is 0.330 e. The zero-order valence-corrected chi connectivity index (χ0v) is 17.3. The van der Waals surface area contributed by atoms with E-state index in [2.05, 4.69) is 11.9 Å². The molecule has 158 valence electrons. The monoisotopic (exact) mass is 396 g/mol. The number of H-pyrrole nitrogens is 1. The van der Waals surface area contributed by atoms with Crippen LogP contribution in [0.2, 0.25) is 0 Å². The fourth-order valence-corrected chi connectivity index (χ4v) is 3.58. The van der Waals surface area contributed by atoms with Crippen molar-refractivity contribution in [3.05, 3.63) is 20.8 Å². The van der Waals surface area contributed by atoms with E-state index in [1.165, 1.54) is 21.5 Å². The van der Waals surface area contributed by atoms with Crippen LogP contribution in [0, 0.1) is 5.92 Å². The van der Waals surface area contributed by atoms with Crippen LogP contribution in [0.4, 0.5) is 11.5 Å². The maximum Gasteiger partial charge on any atom is 0.330 e. The summed E-state index contributed by atoms with van der Waals surface area (Å²) in [4.78, 5) is 42.7. The van der Waals surface area contributed by atoms with Crippen molar-refractivity contribution in [2.45, 2.75) is 46.1 Å². The van der Waals surface area contributed by atoms with Gasteiger partial charge >= 0.3 is 5.69 Å². The lowest BCUT2D eigenvalue weighted by molar-refractivity contribution is -0.898. The molecular weight excluding hydrogens is 362 g/mol. The topological polar surface area (TPSA) is 115 Å². The first-order valence-corrected chi connectivity index (χ1v) is 10.1. The number of methoxy groups -OCH3 is 1. The van der Waals surface area contributed by atoms with Crippen molar-refractivity contribution in [1.29, 1.82) is 0 Å². The number of aromatic amines is 1. The number of quaternary nitrogens is 1. The van der Waals surface area contributed by atoms with Crippen LogP contribution < -0.4 is 26.8 Å². The Hall–Kier alpha value is -2.13. The van der Waals surface area contributed by atoms with E-state index in [4.69, 9.17) is 10.5 Å². The number of unbranched alkanes of at least 4 members (excludes halogenated alkanes) is 1. The van der Waals surface area contributed by atoms with Crippen LogP contribution in [0.5, 0.6) is 0 Å². The largest absolute Gasteiger partial charge is 0.383 e.